The highest BCUT2D eigenvalue weighted by molar-refractivity contribution is 6.29. The molecule has 1 aliphatic rings. The van der Waals surface area contributed by atoms with Gasteiger partial charge in [0.05, 0.1) is 11.9 Å². The molecule has 6 rings (SSSR count). The number of hydrogen-bond acceptors (Lipinski definition) is 7. The molecule has 36 heavy (non-hydrogen) atoms. The molecule has 0 amide bonds. The van der Waals surface area contributed by atoms with Gasteiger partial charge in [0.25, 0.3) is 5.56 Å². The number of rotatable bonds is 6. The van der Waals surface area contributed by atoms with Gasteiger partial charge in [0.2, 0.25) is 5.82 Å². The Labute approximate surface area is 209 Å². The fraction of sp³-hybridized carbons (Fsp3) is 0.320. The predicted octanol–water partition coefficient (Wildman–Crippen LogP) is 4.17. The van der Waals surface area contributed by atoms with E-state index in [2.05, 4.69) is 36.1 Å². The normalized spacial score (nSPS) is 14.6. The summed E-state index contributed by atoms with van der Waals surface area (Å²) in [5.41, 5.74) is 3.66. The average Bonchev–Trinajstić information content (AvgIpc) is 3.40. The molecule has 10 nitrogen and oxygen atoms in total. The Bertz CT molecular complexity index is 1760. The number of halogens is 1. The van der Waals surface area contributed by atoms with Crippen LogP contribution in [0, 0.1) is 12.8 Å². The van der Waals surface area contributed by atoms with Crippen molar-refractivity contribution in [2.75, 3.05) is 5.32 Å². The van der Waals surface area contributed by atoms with Crippen LogP contribution in [0.1, 0.15) is 36.9 Å². The number of aryl methyl sites for hydroxylation is 2. The maximum Gasteiger partial charge on any atom is 0.439 e. The lowest BCUT2D eigenvalue weighted by Crippen LogP contribution is -2.21. The summed E-state index contributed by atoms with van der Waals surface area (Å²) in [6.07, 6.45) is 4.26. The average molecular weight is 506 g/mol. The van der Waals surface area contributed by atoms with Crippen LogP contribution in [0.5, 0.6) is 0 Å². The Kier molecular flexibility index (Phi) is 5.22. The van der Waals surface area contributed by atoms with Gasteiger partial charge in [-0.2, -0.15) is 5.10 Å². The lowest BCUT2D eigenvalue weighted by Gasteiger charge is -2.21. The fourth-order valence-corrected chi connectivity index (χ4v) is 5.01. The second-order valence-electron chi connectivity index (χ2n) is 9.49. The Hall–Kier alpha value is -3.92. The molecule has 0 saturated heterocycles. The topological polar surface area (TPSA) is 124 Å². The van der Waals surface area contributed by atoms with E-state index in [1.807, 2.05) is 37.8 Å². The van der Waals surface area contributed by atoms with Crippen molar-refractivity contribution in [3.63, 3.8) is 0 Å². The molecule has 1 aromatic carbocycles. The quantitative estimate of drug-likeness (QED) is 0.332. The first-order valence-electron chi connectivity index (χ1n) is 11.8. The standard InChI is InChI=1S/C25H24ClN7O3/c1-12-8-15(13(2)28-18-6-7-19(26)29-21(18)22-30-25(35)36-31-22)20-16(9-12)24(34)32(3)23-17(20)10-27-33(23)11-14-4-5-14/h6-10,13-14,28H,4-5,11H2,1-3H3,(H,30,31,35). The summed E-state index contributed by atoms with van der Waals surface area (Å²) in [4.78, 5) is 31.9. The van der Waals surface area contributed by atoms with Crippen molar-refractivity contribution in [1.29, 1.82) is 0 Å². The summed E-state index contributed by atoms with van der Waals surface area (Å²) in [6.45, 7) is 4.80. The van der Waals surface area contributed by atoms with Crippen LogP contribution in [-0.2, 0) is 13.6 Å². The van der Waals surface area contributed by atoms with Crippen LogP contribution < -0.4 is 16.6 Å². The first-order chi connectivity index (χ1) is 17.3. The van der Waals surface area contributed by atoms with E-state index in [0.29, 0.717) is 22.7 Å². The molecule has 0 bridgehead atoms. The van der Waals surface area contributed by atoms with Crippen LogP contribution in [-0.4, -0.2) is 29.5 Å². The number of pyridine rings is 2. The lowest BCUT2D eigenvalue weighted by molar-refractivity contribution is 0.388. The minimum atomic E-state index is -0.683. The third-order valence-corrected chi connectivity index (χ3v) is 6.95. The molecule has 1 aliphatic carbocycles. The summed E-state index contributed by atoms with van der Waals surface area (Å²) in [7, 11) is 1.81. The largest absolute Gasteiger partial charge is 0.439 e. The van der Waals surface area contributed by atoms with Gasteiger partial charge < -0.3 is 5.32 Å². The first-order valence-corrected chi connectivity index (χ1v) is 12.2. The molecule has 1 atom stereocenters. The fourth-order valence-electron chi connectivity index (χ4n) is 4.86. The van der Waals surface area contributed by atoms with Gasteiger partial charge in [-0.15, -0.1) is 0 Å². The Morgan fingerprint density at radius 1 is 1.25 bits per heavy atom. The summed E-state index contributed by atoms with van der Waals surface area (Å²) >= 11 is 6.13. The summed E-state index contributed by atoms with van der Waals surface area (Å²) in [6, 6.07) is 7.20. The maximum atomic E-state index is 13.5. The van der Waals surface area contributed by atoms with Crippen molar-refractivity contribution in [1.82, 2.24) is 29.5 Å². The van der Waals surface area contributed by atoms with Crippen molar-refractivity contribution in [2.45, 2.75) is 39.3 Å². The highest BCUT2D eigenvalue weighted by Gasteiger charge is 2.25. The van der Waals surface area contributed by atoms with Gasteiger partial charge in [0, 0.05) is 35.8 Å². The van der Waals surface area contributed by atoms with Crippen molar-refractivity contribution in [3.8, 4) is 11.5 Å². The molecule has 0 radical (unpaired) electrons. The Balaban J connectivity index is 1.51. The number of anilines is 1. The van der Waals surface area contributed by atoms with E-state index in [4.69, 9.17) is 11.6 Å². The number of fused-ring (bicyclic) bond motifs is 3. The summed E-state index contributed by atoms with van der Waals surface area (Å²) in [5.74, 6) is 0.108. The smallest absolute Gasteiger partial charge is 0.377 e. The first kappa shape index (κ1) is 22.5. The van der Waals surface area contributed by atoms with Gasteiger partial charge in [0.1, 0.15) is 16.5 Å². The number of H-pyrrole nitrogens is 1. The summed E-state index contributed by atoms with van der Waals surface area (Å²) in [5, 5.41) is 14.6. The number of aromatic nitrogens is 6. The zero-order valence-corrected chi connectivity index (χ0v) is 20.8. The minimum Gasteiger partial charge on any atom is -0.377 e. The van der Waals surface area contributed by atoms with Gasteiger partial charge >= 0.3 is 5.76 Å². The molecule has 4 heterocycles. The predicted molar refractivity (Wildman–Crippen MR) is 137 cm³/mol. The van der Waals surface area contributed by atoms with Gasteiger partial charge in [-0.1, -0.05) is 22.8 Å². The van der Waals surface area contributed by atoms with Crippen LogP contribution >= 0.6 is 11.6 Å². The minimum absolute atomic E-state index is 0.0544. The number of nitrogens with one attached hydrogen (secondary N) is 2. The maximum absolute atomic E-state index is 13.5. The van der Waals surface area contributed by atoms with Gasteiger partial charge in [-0.3, -0.25) is 18.9 Å². The lowest BCUT2D eigenvalue weighted by atomic mass is 9.95. The van der Waals surface area contributed by atoms with E-state index in [0.717, 1.165) is 34.1 Å². The molecule has 4 aromatic heterocycles. The van der Waals surface area contributed by atoms with E-state index in [1.165, 1.54) is 12.8 Å². The molecule has 2 N–H and O–H groups in total. The van der Waals surface area contributed by atoms with Crippen molar-refractivity contribution >= 4 is 39.1 Å². The zero-order valence-electron chi connectivity index (χ0n) is 20.0. The molecule has 1 saturated carbocycles. The summed E-state index contributed by atoms with van der Waals surface area (Å²) < 4.78 is 8.33. The van der Waals surface area contributed by atoms with Gasteiger partial charge in [0.15, 0.2) is 0 Å². The molecule has 184 valence electrons. The number of benzene rings is 1. The van der Waals surface area contributed by atoms with Crippen LogP contribution in [0.3, 0.4) is 0 Å². The number of nitrogens with zero attached hydrogens (tertiary/aromatic N) is 5. The van der Waals surface area contributed by atoms with E-state index in [-0.39, 0.29) is 22.6 Å². The van der Waals surface area contributed by atoms with E-state index in [9.17, 15) is 9.59 Å². The molecule has 0 aliphatic heterocycles. The highest BCUT2D eigenvalue weighted by atomic mass is 35.5. The zero-order chi connectivity index (χ0) is 25.1. The highest BCUT2D eigenvalue weighted by Crippen LogP contribution is 2.36. The molecule has 11 heteroatoms. The Morgan fingerprint density at radius 2 is 2.06 bits per heavy atom. The van der Waals surface area contributed by atoms with Crippen molar-refractivity contribution in [2.24, 2.45) is 13.0 Å². The van der Waals surface area contributed by atoms with E-state index in [1.54, 1.807) is 16.7 Å². The second-order valence-corrected chi connectivity index (χ2v) is 9.88. The molecular formula is C25H24ClN7O3. The van der Waals surface area contributed by atoms with Crippen molar-refractivity contribution in [3.05, 3.63) is 67.6 Å². The van der Waals surface area contributed by atoms with Crippen LogP contribution in [0.15, 0.2) is 44.6 Å². The van der Waals surface area contributed by atoms with Gasteiger partial charge in [-0.25, -0.2) is 14.5 Å². The van der Waals surface area contributed by atoms with Crippen LogP contribution in [0.25, 0.3) is 33.3 Å². The van der Waals surface area contributed by atoms with Crippen LogP contribution in [0.4, 0.5) is 5.69 Å². The molecule has 0 spiro atoms. The second kappa shape index (κ2) is 8.34. The van der Waals surface area contributed by atoms with E-state index >= 15 is 0 Å². The van der Waals surface area contributed by atoms with E-state index < -0.39 is 5.76 Å². The molecule has 1 fully saturated rings. The molecular weight excluding hydrogens is 482 g/mol. The van der Waals surface area contributed by atoms with Crippen LogP contribution in [0.2, 0.25) is 5.15 Å². The number of hydrogen-bond donors (Lipinski definition) is 2. The monoisotopic (exact) mass is 505 g/mol. The SMILES string of the molecule is Cc1cc(C(C)Nc2ccc(Cl)nc2-c2noc(=O)[nH]2)c2c(c1)c(=O)n(C)c1c2cnn1CC1CC1. The van der Waals surface area contributed by atoms with Crippen molar-refractivity contribution < 1.29 is 4.52 Å². The number of aromatic amines is 1. The third-order valence-electron chi connectivity index (χ3n) is 6.74. The molecule has 5 aromatic rings. The third kappa shape index (κ3) is 3.78. The molecule has 1 unspecified atom stereocenters. The Morgan fingerprint density at radius 3 is 2.78 bits per heavy atom. The van der Waals surface area contributed by atoms with Gasteiger partial charge in [-0.05, 0) is 61.9 Å².